The van der Waals surface area contributed by atoms with Gasteiger partial charge in [0.15, 0.2) is 11.5 Å². The highest BCUT2D eigenvalue weighted by Crippen LogP contribution is 2.30. The molecule has 4 heterocycles. The number of benzene rings is 2. The van der Waals surface area contributed by atoms with Gasteiger partial charge in [0.1, 0.15) is 35.0 Å². The standard InChI is InChI=1S/C31H32N8O3/c1-31(2,37-14-6-7-15-37)16-21(17-32)29(40)36-18-23(19-36)39-28-26(27(33)34-20-35-28)38(30(39)41)22-10-12-25(13-11-22)42-24-8-4-3-5-9-24/h3-5,8-13,16,20,23H,6-7,14-15,18-19H2,1-2H3,(H2,33,34,35). The van der Waals surface area contributed by atoms with Crippen molar-refractivity contribution in [1.29, 1.82) is 5.26 Å². The van der Waals surface area contributed by atoms with Gasteiger partial charge in [-0.25, -0.2) is 14.8 Å². The molecule has 2 saturated heterocycles. The van der Waals surface area contributed by atoms with E-state index < -0.39 is 5.54 Å². The van der Waals surface area contributed by atoms with E-state index in [1.54, 1.807) is 39.8 Å². The molecule has 11 nitrogen and oxygen atoms in total. The molecule has 2 N–H and O–H groups in total. The summed E-state index contributed by atoms with van der Waals surface area (Å²) >= 11 is 0. The smallest absolute Gasteiger partial charge is 0.335 e. The lowest BCUT2D eigenvalue weighted by Crippen LogP contribution is -2.53. The van der Waals surface area contributed by atoms with E-state index >= 15 is 0 Å². The number of rotatable bonds is 7. The Hall–Kier alpha value is -4.95. The number of nitriles is 1. The predicted octanol–water partition coefficient (Wildman–Crippen LogP) is 3.66. The fraction of sp³-hybridized carbons (Fsp3) is 0.323. The molecule has 0 radical (unpaired) electrons. The van der Waals surface area contributed by atoms with Crippen LogP contribution in [0.3, 0.4) is 0 Å². The molecular weight excluding hydrogens is 532 g/mol. The van der Waals surface area contributed by atoms with Crippen LogP contribution in [-0.4, -0.2) is 66.5 Å². The second-order valence-electron chi connectivity index (χ2n) is 11.2. The van der Waals surface area contributed by atoms with Gasteiger partial charge >= 0.3 is 5.69 Å². The van der Waals surface area contributed by atoms with Gasteiger partial charge in [-0.3, -0.25) is 18.8 Å². The van der Waals surface area contributed by atoms with E-state index in [1.807, 2.05) is 44.2 Å². The van der Waals surface area contributed by atoms with Crippen molar-refractivity contribution in [1.82, 2.24) is 28.9 Å². The second kappa shape index (κ2) is 10.8. The summed E-state index contributed by atoms with van der Waals surface area (Å²) in [6, 6.07) is 18.3. The van der Waals surface area contributed by atoms with Crippen LogP contribution in [0.4, 0.5) is 5.82 Å². The summed E-state index contributed by atoms with van der Waals surface area (Å²) in [5.41, 5.74) is 7.00. The SMILES string of the molecule is CC(C)(C=C(C#N)C(=O)N1CC(n2c(=O)n(-c3ccc(Oc4ccccc4)cc3)c3c(N)ncnc32)C1)N1CCCC1. The molecule has 6 rings (SSSR count). The number of anilines is 1. The lowest BCUT2D eigenvalue weighted by atomic mass is 9.98. The summed E-state index contributed by atoms with van der Waals surface area (Å²) in [4.78, 5) is 39.5. The molecule has 2 aliphatic rings. The molecule has 2 aliphatic heterocycles. The second-order valence-corrected chi connectivity index (χ2v) is 11.2. The van der Waals surface area contributed by atoms with Gasteiger partial charge in [-0.1, -0.05) is 18.2 Å². The van der Waals surface area contributed by atoms with Crippen molar-refractivity contribution in [3.8, 4) is 23.3 Å². The lowest BCUT2D eigenvalue weighted by Gasteiger charge is -2.40. The minimum Gasteiger partial charge on any atom is -0.457 e. The van der Waals surface area contributed by atoms with Crippen LogP contribution in [0.2, 0.25) is 0 Å². The number of aromatic nitrogens is 4. The third-order valence-electron chi connectivity index (χ3n) is 8.04. The van der Waals surface area contributed by atoms with Crippen LogP contribution < -0.4 is 16.2 Å². The van der Waals surface area contributed by atoms with Crippen LogP contribution in [0.1, 0.15) is 32.7 Å². The number of likely N-dealkylation sites (tertiary alicyclic amines) is 2. The highest BCUT2D eigenvalue weighted by Gasteiger charge is 2.38. The number of carbonyl (C=O) groups is 1. The molecule has 11 heteroatoms. The largest absolute Gasteiger partial charge is 0.457 e. The van der Waals surface area contributed by atoms with Crippen LogP contribution in [0.5, 0.6) is 11.5 Å². The minimum atomic E-state index is -0.401. The topological polar surface area (TPSA) is 135 Å². The Morgan fingerprint density at radius 1 is 1.05 bits per heavy atom. The molecule has 1 amide bonds. The molecule has 42 heavy (non-hydrogen) atoms. The van der Waals surface area contributed by atoms with E-state index in [4.69, 9.17) is 10.5 Å². The van der Waals surface area contributed by atoms with Gasteiger partial charge in [0.25, 0.3) is 5.91 Å². The lowest BCUT2D eigenvalue weighted by molar-refractivity contribution is -0.132. The normalized spacial score (nSPS) is 16.4. The Morgan fingerprint density at radius 3 is 2.38 bits per heavy atom. The summed E-state index contributed by atoms with van der Waals surface area (Å²) in [5.74, 6) is 1.16. The summed E-state index contributed by atoms with van der Waals surface area (Å²) in [6.07, 6.45) is 5.32. The van der Waals surface area contributed by atoms with Crippen LogP contribution in [0, 0.1) is 11.3 Å². The molecule has 214 valence electrons. The Morgan fingerprint density at radius 2 is 1.71 bits per heavy atom. The summed E-state index contributed by atoms with van der Waals surface area (Å²) in [5, 5.41) is 9.82. The van der Waals surface area contributed by atoms with Crippen molar-refractivity contribution in [3.05, 3.63) is 83.1 Å². The molecule has 2 aromatic heterocycles. The average molecular weight is 565 g/mol. The minimum absolute atomic E-state index is 0.115. The number of imidazole rings is 1. The van der Waals surface area contributed by atoms with Crippen LogP contribution in [-0.2, 0) is 4.79 Å². The third-order valence-corrected chi connectivity index (χ3v) is 8.04. The zero-order chi connectivity index (χ0) is 29.4. The Labute approximate surface area is 243 Å². The van der Waals surface area contributed by atoms with Gasteiger partial charge in [0.2, 0.25) is 0 Å². The highest BCUT2D eigenvalue weighted by molar-refractivity contribution is 5.98. The first-order valence-corrected chi connectivity index (χ1v) is 14.0. The molecule has 0 atom stereocenters. The zero-order valence-corrected chi connectivity index (χ0v) is 23.6. The monoisotopic (exact) mass is 564 g/mol. The van der Waals surface area contributed by atoms with Gasteiger partial charge in [0, 0.05) is 18.6 Å². The number of para-hydroxylation sites is 1. The van der Waals surface area contributed by atoms with Crippen molar-refractivity contribution < 1.29 is 9.53 Å². The molecule has 0 saturated carbocycles. The van der Waals surface area contributed by atoms with Crippen molar-refractivity contribution in [2.24, 2.45) is 0 Å². The number of nitrogens with zero attached hydrogens (tertiary/aromatic N) is 7. The quantitative estimate of drug-likeness (QED) is 0.265. The van der Waals surface area contributed by atoms with Gasteiger partial charge in [-0.15, -0.1) is 0 Å². The third kappa shape index (κ3) is 4.90. The van der Waals surface area contributed by atoms with E-state index in [2.05, 4.69) is 20.9 Å². The number of hydrogen-bond donors (Lipinski definition) is 1. The highest BCUT2D eigenvalue weighted by atomic mass is 16.5. The first kappa shape index (κ1) is 27.2. The molecule has 0 unspecified atom stereocenters. The average Bonchev–Trinajstić information content (AvgIpc) is 3.61. The van der Waals surface area contributed by atoms with Gasteiger partial charge in [-0.05, 0) is 82.3 Å². The van der Waals surface area contributed by atoms with Crippen molar-refractivity contribution in [2.75, 3.05) is 31.9 Å². The Kier molecular flexibility index (Phi) is 7.00. The fourth-order valence-electron chi connectivity index (χ4n) is 5.76. The molecule has 2 aromatic carbocycles. The molecular formula is C31H32N8O3. The van der Waals surface area contributed by atoms with Gasteiger partial charge < -0.3 is 15.4 Å². The molecule has 0 spiro atoms. The summed E-state index contributed by atoms with van der Waals surface area (Å²) in [7, 11) is 0. The van der Waals surface area contributed by atoms with E-state index in [1.165, 1.54) is 10.9 Å². The molecule has 4 aromatic rings. The number of carbonyl (C=O) groups excluding carboxylic acids is 1. The Bertz CT molecular complexity index is 1750. The number of amides is 1. The molecule has 0 aliphatic carbocycles. The number of fused-ring (bicyclic) bond motifs is 1. The zero-order valence-electron chi connectivity index (χ0n) is 23.6. The van der Waals surface area contributed by atoms with E-state index in [0.29, 0.717) is 28.4 Å². The molecule has 2 fully saturated rings. The molecule has 0 bridgehead atoms. The maximum atomic E-state index is 13.9. The fourth-order valence-corrected chi connectivity index (χ4v) is 5.76. The maximum absolute atomic E-state index is 13.9. The number of nitrogens with two attached hydrogens (primary N) is 1. The first-order chi connectivity index (χ1) is 20.3. The van der Waals surface area contributed by atoms with Crippen molar-refractivity contribution >= 4 is 22.9 Å². The maximum Gasteiger partial charge on any atom is 0.335 e. The summed E-state index contributed by atoms with van der Waals surface area (Å²) < 4.78 is 8.94. The summed E-state index contributed by atoms with van der Waals surface area (Å²) in [6.45, 7) is 6.50. The first-order valence-electron chi connectivity index (χ1n) is 14.0. The van der Waals surface area contributed by atoms with Crippen molar-refractivity contribution in [3.63, 3.8) is 0 Å². The van der Waals surface area contributed by atoms with Crippen LogP contribution >= 0.6 is 0 Å². The number of nitrogen functional groups attached to an aromatic ring is 1. The van der Waals surface area contributed by atoms with Crippen LogP contribution in [0.15, 0.2) is 77.4 Å². The predicted molar refractivity (Wildman–Crippen MR) is 158 cm³/mol. The Balaban J connectivity index is 1.26. The van der Waals surface area contributed by atoms with E-state index in [-0.39, 0.29) is 42.1 Å². The van der Waals surface area contributed by atoms with Gasteiger partial charge in [-0.2, -0.15) is 5.26 Å². The van der Waals surface area contributed by atoms with E-state index in [0.717, 1.165) is 25.9 Å². The number of ether oxygens (including phenoxy) is 1. The van der Waals surface area contributed by atoms with Crippen molar-refractivity contribution in [2.45, 2.75) is 38.3 Å². The number of hydrogen-bond acceptors (Lipinski definition) is 8. The van der Waals surface area contributed by atoms with Gasteiger partial charge in [0.05, 0.1) is 11.7 Å². The van der Waals surface area contributed by atoms with E-state index in [9.17, 15) is 14.9 Å². The van der Waals surface area contributed by atoms with Crippen LogP contribution in [0.25, 0.3) is 16.9 Å².